The quantitative estimate of drug-likeness (QED) is 0.764. The van der Waals surface area contributed by atoms with Crippen molar-refractivity contribution in [3.63, 3.8) is 0 Å². The molecule has 1 aromatic rings. The van der Waals surface area contributed by atoms with Gasteiger partial charge in [0.05, 0.1) is 11.4 Å². The number of aromatic nitrogens is 1. The van der Waals surface area contributed by atoms with E-state index in [4.69, 9.17) is 9.47 Å². The molecule has 0 fully saturated rings. The number of methoxy groups -OCH3 is 1. The second-order valence-electron chi connectivity index (χ2n) is 6.14. The first-order valence-corrected chi connectivity index (χ1v) is 8.52. The van der Waals surface area contributed by atoms with Crippen LogP contribution in [0, 0.1) is 5.92 Å². The zero-order valence-corrected chi connectivity index (χ0v) is 15.5. The van der Waals surface area contributed by atoms with Crippen LogP contribution in [0.1, 0.15) is 38.4 Å². The first kappa shape index (κ1) is 18.1. The minimum atomic E-state index is -0.955. The fourth-order valence-corrected chi connectivity index (χ4v) is 2.61. The van der Waals surface area contributed by atoms with Crippen LogP contribution in [-0.4, -0.2) is 34.7 Å². The number of aliphatic hydroxyl groups is 1. The van der Waals surface area contributed by atoms with Crippen LogP contribution in [0.2, 0.25) is 0 Å². The summed E-state index contributed by atoms with van der Waals surface area (Å²) in [5.41, 5.74) is 1.38. The molecule has 1 N–H and O–H groups in total. The average Bonchev–Trinajstić information content (AvgIpc) is 2.51. The molecule has 0 radical (unpaired) electrons. The van der Waals surface area contributed by atoms with Crippen LogP contribution in [0.3, 0.4) is 0 Å². The van der Waals surface area contributed by atoms with Crippen LogP contribution in [0.5, 0.6) is 0 Å². The van der Waals surface area contributed by atoms with E-state index in [1.54, 1.807) is 27.2 Å². The molecule has 0 amide bonds. The maximum atomic E-state index is 9.99. The molecule has 0 aliphatic carbocycles. The Kier molecular flexibility index (Phi) is 5.95. The van der Waals surface area contributed by atoms with Gasteiger partial charge in [0.1, 0.15) is 5.60 Å². The van der Waals surface area contributed by atoms with Gasteiger partial charge in [-0.3, -0.25) is 4.98 Å². The number of hydrogen-bond acceptors (Lipinski definition) is 5. The van der Waals surface area contributed by atoms with E-state index in [9.17, 15) is 5.11 Å². The monoisotopic (exact) mass is 382 g/mol. The number of halogens is 1. The lowest BCUT2D eigenvalue weighted by atomic mass is 10.0. The van der Waals surface area contributed by atoms with Gasteiger partial charge in [-0.2, -0.15) is 0 Å². The van der Waals surface area contributed by atoms with Gasteiger partial charge < -0.3 is 14.6 Å². The van der Waals surface area contributed by atoms with Gasteiger partial charge >= 0.3 is 0 Å². The fraction of sp³-hybridized carbons (Fsp3) is 0.529. The lowest BCUT2D eigenvalue weighted by molar-refractivity contribution is 0.0738. The smallest absolute Gasteiger partial charge is 0.193 e. The Morgan fingerprint density at radius 1 is 1.43 bits per heavy atom. The predicted molar refractivity (Wildman–Crippen MR) is 94.4 cm³/mol. The van der Waals surface area contributed by atoms with E-state index in [0.717, 1.165) is 17.7 Å². The summed E-state index contributed by atoms with van der Waals surface area (Å²) in [5.74, 6) is 0.857. The van der Waals surface area contributed by atoms with E-state index in [0.29, 0.717) is 18.2 Å². The molecule has 2 atom stereocenters. The Morgan fingerprint density at radius 3 is 2.74 bits per heavy atom. The van der Waals surface area contributed by atoms with Crippen molar-refractivity contribution in [2.45, 2.75) is 37.8 Å². The second kappa shape index (κ2) is 7.55. The van der Waals surface area contributed by atoms with Crippen molar-refractivity contribution in [3.05, 3.63) is 35.7 Å². The van der Waals surface area contributed by atoms with E-state index >= 15 is 0 Å². The molecule has 2 heterocycles. The van der Waals surface area contributed by atoms with Crippen molar-refractivity contribution in [1.29, 1.82) is 0 Å². The van der Waals surface area contributed by atoms with Crippen LogP contribution in [0.4, 0.5) is 0 Å². The number of alkyl halides is 1. The minimum Gasteiger partial charge on any atom is -0.461 e. The highest BCUT2D eigenvalue weighted by Crippen LogP contribution is 2.27. The lowest BCUT2D eigenvalue weighted by Gasteiger charge is -2.23. The van der Waals surface area contributed by atoms with Crippen LogP contribution in [-0.2, 0) is 15.1 Å². The first-order chi connectivity index (χ1) is 10.8. The molecule has 0 aromatic carbocycles. The molecule has 0 saturated carbocycles. The highest BCUT2D eigenvalue weighted by molar-refractivity contribution is 9.09. The number of hydrogen-bond donors (Lipinski definition) is 1. The number of aliphatic imine (C=N–C) groups is 1. The van der Waals surface area contributed by atoms with E-state index < -0.39 is 5.60 Å². The molecule has 126 valence electrons. The second-order valence-corrected chi connectivity index (χ2v) is 7.05. The maximum absolute atomic E-state index is 9.99. The van der Waals surface area contributed by atoms with Crippen LogP contribution >= 0.6 is 15.9 Å². The standard InChI is InChI=1S/C17H23BrN2O3/c1-11(7-8-22-4)16-20-13(9-15(18)23-16)12-5-6-14(19-10-12)17(2,3)21/h5-6,9-11,15,21H,7-8H2,1-4H3. The van der Waals surface area contributed by atoms with Crippen molar-refractivity contribution >= 4 is 27.5 Å². The summed E-state index contributed by atoms with van der Waals surface area (Å²) in [5, 5.41) is 9.77. The van der Waals surface area contributed by atoms with Crippen molar-refractivity contribution in [2.24, 2.45) is 10.9 Å². The SMILES string of the molecule is COCCC(C)C1=NC(c2ccc(C(C)(C)O)nc2)=CC(Br)O1. The summed E-state index contributed by atoms with van der Waals surface area (Å²) in [6.45, 7) is 6.16. The summed E-state index contributed by atoms with van der Waals surface area (Å²) in [6.07, 6.45) is 4.47. The van der Waals surface area contributed by atoms with Gasteiger partial charge in [-0.05, 0) is 54.4 Å². The van der Waals surface area contributed by atoms with Gasteiger partial charge in [-0.1, -0.05) is 6.92 Å². The Bertz CT molecular complexity index is 591. The maximum Gasteiger partial charge on any atom is 0.193 e. The van der Waals surface area contributed by atoms with Crippen LogP contribution in [0.25, 0.3) is 5.70 Å². The van der Waals surface area contributed by atoms with Crippen LogP contribution < -0.4 is 0 Å². The molecule has 1 aliphatic rings. The van der Waals surface area contributed by atoms with Gasteiger partial charge in [0.2, 0.25) is 0 Å². The lowest BCUT2D eigenvalue weighted by Crippen LogP contribution is -2.23. The number of rotatable bonds is 6. The Hall–Kier alpha value is -1.24. The summed E-state index contributed by atoms with van der Waals surface area (Å²) >= 11 is 3.48. The molecule has 1 aromatic heterocycles. The summed E-state index contributed by atoms with van der Waals surface area (Å²) < 4.78 is 10.9. The van der Waals surface area contributed by atoms with E-state index in [1.807, 2.05) is 18.2 Å². The average molecular weight is 383 g/mol. The molecule has 23 heavy (non-hydrogen) atoms. The van der Waals surface area contributed by atoms with Gasteiger partial charge in [0, 0.05) is 31.4 Å². The summed E-state index contributed by atoms with van der Waals surface area (Å²) in [6, 6.07) is 3.73. The first-order valence-electron chi connectivity index (χ1n) is 7.60. The Labute approximate surface area is 145 Å². The zero-order valence-electron chi connectivity index (χ0n) is 13.9. The summed E-state index contributed by atoms with van der Waals surface area (Å²) in [4.78, 5) is 8.95. The molecular formula is C17H23BrN2O3. The van der Waals surface area contributed by atoms with Gasteiger partial charge in [-0.15, -0.1) is 0 Å². The molecule has 2 rings (SSSR count). The van der Waals surface area contributed by atoms with E-state index in [1.165, 1.54) is 0 Å². The molecular weight excluding hydrogens is 360 g/mol. The third-order valence-electron chi connectivity index (χ3n) is 3.62. The van der Waals surface area contributed by atoms with Gasteiger partial charge in [-0.25, -0.2) is 4.99 Å². The Balaban J connectivity index is 2.22. The number of ether oxygens (including phenoxy) is 2. The summed E-state index contributed by atoms with van der Waals surface area (Å²) in [7, 11) is 1.69. The largest absolute Gasteiger partial charge is 0.461 e. The normalized spacial score (nSPS) is 19.7. The predicted octanol–water partition coefficient (Wildman–Crippen LogP) is 3.47. The Morgan fingerprint density at radius 2 is 2.17 bits per heavy atom. The molecule has 6 heteroatoms. The van der Waals surface area contributed by atoms with E-state index in [2.05, 4.69) is 32.8 Å². The molecule has 2 unspecified atom stereocenters. The topological polar surface area (TPSA) is 63.9 Å². The molecule has 1 aliphatic heterocycles. The third-order valence-corrected chi connectivity index (χ3v) is 4.07. The molecule has 0 bridgehead atoms. The molecule has 0 saturated heterocycles. The van der Waals surface area contributed by atoms with Crippen molar-refractivity contribution < 1.29 is 14.6 Å². The van der Waals surface area contributed by atoms with Crippen LogP contribution in [0.15, 0.2) is 29.4 Å². The zero-order chi connectivity index (χ0) is 17.0. The van der Waals surface area contributed by atoms with Gasteiger partial charge in [0.15, 0.2) is 10.9 Å². The van der Waals surface area contributed by atoms with Crippen molar-refractivity contribution in [2.75, 3.05) is 13.7 Å². The third kappa shape index (κ3) is 4.86. The highest BCUT2D eigenvalue weighted by atomic mass is 79.9. The van der Waals surface area contributed by atoms with Crippen molar-refractivity contribution in [3.8, 4) is 0 Å². The van der Waals surface area contributed by atoms with Crippen molar-refractivity contribution in [1.82, 2.24) is 4.98 Å². The fourth-order valence-electron chi connectivity index (χ4n) is 2.17. The highest BCUT2D eigenvalue weighted by Gasteiger charge is 2.22. The molecule has 5 nitrogen and oxygen atoms in total. The van der Waals surface area contributed by atoms with Gasteiger partial charge in [0.25, 0.3) is 0 Å². The number of pyridine rings is 1. The molecule has 0 spiro atoms. The minimum absolute atomic E-state index is 0.169. The number of nitrogens with zero attached hydrogens (tertiary/aromatic N) is 2. The van der Waals surface area contributed by atoms with E-state index in [-0.39, 0.29) is 10.9 Å².